The zero-order valence-electron chi connectivity index (χ0n) is 14.5. The molecule has 2 aromatic rings. The Balaban J connectivity index is 1.61. The first kappa shape index (κ1) is 17.8. The Kier molecular flexibility index (Phi) is 4.51. The van der Waals surface area contributed by atoms with Gasteiger partial charge in [-0.25, -0.2) is 9.18 Å². The molecule has 1 fully saturated rings. The van der Waals surface area contributed by atoms with E-state index in [1.807, 2.05) is 0 Å². The summed E-state index contributed by atoms with van der Waals surface area (Å²) in [4.78, 5) is 26.2. The largest absolute Gasteiger partial charge is 0.365 e. The molecule has 0 radical (unpaired) electrons. The van der Waals surface area contributed by atoms with Crippen LogP contribution in [0.15, 0.2) is 24.3 Å². The number of nitrogens with zero attached hydrogens (tertiary/aromatic N) is 3. The van der Waals surface area contributed by atoms with E-state index in [4.69, 9.17) is 17.3 Å². The normalized spacial score (nSPS) is 21.3. The number of nitrogens with two attached hydrogens (primary N) is 1. The van der Waals surface area contributed by atoms with Gasteiger partial charge in [0.15, 0.2) is 0 Å². The maximum atomic E-state index is 13.0. The summed E-state index contributed by atoms with van der Waals surface area (Å²) < 4.78 is 14.7. The smallest absolute Gasteiger partial charge is 0.318 e. The minimum absolute atomic E-state index is 0.128. The van der Waals surface area contributed by atoms with Crippen molar-refractivity contribution in [1.29, 1.82) is 0 Å². The van der Waals surface area contributed by atoms with E-state index in [1.54, 1.807) is 33.8 Å². The number of urea groups is 1. The maximum Gasteiger partial charge on any atom is 0.318 e. The van der Waals surface area contributed by atoms with E-state index < -0.39 is 12.1 Å². The molecule has 0 bridgehead atoms. The number of primary amides is 1. The van der Waals surface area contributed by atoms with Gasteiger partial charge < -0.3 is 16.0 Å². The second kappa shape index (κ2) is 6.84. The summed E-state index contributed by atoms with van der Waals surface area (Å²) in [6.07, 6.45) is -0.133. The molecule has 0 unspecified atom stereocenters. The van der Waals surface area contributed by atoms with Crippen LogP contribution in [0, 0.1) is 0 Å². The molecule has 0 atom stereocenters. The molecule has 1 aromatic heterocycles. The van der Waals surface area contributed by atoms with E-state index in [0.717, 1.165) is 0 Å². The summed E-state index contributed by atoms with van der Waals surface area (Å²) in [7, 11) is 0. The molecule has 4 rings (SSSR count). The molecule has 1 aliphatic heterocycles. The lowest BCUT2D eigenvalue weighted by Crippen LogP contribution is -2.52. The van der Waals surface area contributed by atoms with Crippen molar-refractivity contribution < 1.29 is 14.0 Å². The molecule has 0 spiro atoms. The van der Waals surface area contributed by atoms with E-state index in [1.165, 1.54) is 0 Å². The van der Waals surface area contributed by atoms with Crippen molar-refractivity contribution >= 4 is 23.5 Å². The number of carbonyl (C=O) groups excluding carboxylic acids is 2. The van der Waals surface area contributed by atoms with Crippen molar-refractivity contribution in [3.63, 3.8) is 0 Å². The Labute approximate surface area is 160 Å². The van der Waals surface area contributed by atoms with Crippen LogP contribution < -0.4 is 11.1 Å². The van der Waals surface area contributed by atoms with E-state index in [2.05, 4.69) is 10.4 Å². The van der Waals surface area contributed by atoms with Crippen molar-refractivity contribution in [3.8, 4) is 11.3 Å². The lowest BCUT2D eigenvalue weighted by atomic mass is 9.91. The third kappa shape index (κ3) is 3.37. The first-order valence-electron chi connectivity index (χ1n) is 8.77. The number of carbonyl (C=O) groups is 2. The number of nitrogens with one attached hydrogen (secondary N) is 1. The topological polar surface area (TPSA) is 93.2 Å². The monoisotopic (exact) mass is 391 g/mol. The predicted octanol–water partition coefficient (Wildman–Crippen LogP) is 2.33. The van der Waals surface area contributed by atoms with Crippen molar-refractivity contribution in [2.45, 2.75) is 38.1 Å². The summed E-state index contributed by atoms with van der Waals surface area (Å²) in [5.74, 6) is -0.604. The number of aromatic nitrogens is 2. The molecule has 142 valence electrons. The zero-order chi connectivity index (χ0) is 19.1. The number of alkyl halides is 1. The molecular formula is C18H19ClFN5O2. The minimum Gasteiger partial charge on any atom is -0.365 e. The average Bonchev–Trinajstić information content (AvgIpc) is 2.99. The zero-order valence-corrected chi connectivity index (χ0v) is 15.2. The van der Waals surface area contributed by atoms with Gasteiger partial charge in [-0.05, 0) is 25.0 Å². The van der Waals surface area contributed by atoms with Crippen LogP contribution >= 0.6 is 11.6 Å². The number of benzene rings is 1. The fraction of sp³-hybridized carbons (Fsp3) is 0.389. The van der Waals surface area contributed by atoms with Crippen molar-refractivity contribution in [1.82, 2.24) is 20.0 Å². The van der Waals surface area contributed by atoms with Gasteiger partial charge in [-0.15, -0.1) is 0 Å². The van der Waals surface area contributed by atoms with E-state index in [-0.39, 0.29) is 18.6 Å². The Bertz CT molecular complexity index is 909. The van der Waals surface area contributed by atoms with Gasteiger partial charge in [0.25, 0.3) is 5.91 Å². The van der Waals surface area contributed by atoms with Crippen LogP contribution in [0.3, 0.4) is 0 Å². The standard InChI is InChI=1S/C18H19ClFN5O2/c19-11-3-1-2-10(6-11)16-15(17(21)26)14-9-24(4-5-25(14)23-16)18(27)22-13-7-12(20)8-13/h1-3,6,12-13H,4-5,7-9H2,(H2,21,26)(H,22,27)/t12-,13-. The molecule has 1 aliphatic carbocycles. The highest BCUT2D eigenvalue weighted by Gasteiger charge is 2.33. The van der Waals surface area contributed by atoms with Crippen LogP contribution in [0.4, 0.5) is 9.18 Å². The van der Waals surface area contributed by atoms with Gasteiger partial charge in [0, 0.05) is 23.2 Å². The quantitative estimate of drug-likeness (QED) is 0.840. The lowest BCUT2D eigenvalue weighted by molar-refractivity contribution is 0.0996. The summed E-state index contributed by atoms with van der Waals surface area (Å²) in [6, 6.07) is 6.64. The van der Waals surface area contributed by atoms with Crippen LogP contribution in [-0.2, 0) is 13.1 Å². The number of halogens is 2. The SMILES string of the molecule is NC(=O)c1c(-c2cccc(Cl)c2)nn2c1CN(C(=O)N[C@H]1C[C@H](F)C1)CC2. The second-order valence-corrected chi connectivity index (χ2v) is 7.34. The molecule has 2 heterocycles. The molecule has 2 aliphatic rings. The van der Waals surface area contributed by atoms with E-state index >= 15 is 0 Å². The summed E-state index contributed by atoms with van der Waals surface area (Å²) >= 11 is 6.06. The number of hydrogen-bond acceptors (Lipinski definition) is 3. The summed E-state index contributed by atoms with van der Waals surface area (Å²) in [5.41, 5.74) is 7.66. The van der Waals surface area contributed by atoms with Gasteiger partial charge in [-0.1, -0.05) is 23.7 Å². The van der Waals surface area contributed by atoms with Crippen molar-refractivity contribution in [2.75, 3.05) is 6.54 Å². The van der Waals surface area contributed by atoms with E-state index in [9.17, 15) is 14.0 Å². The number of amides is 3. The Hall–Kier alpha value is -2.61. The van der Waals surface area contributed by atoms with Crippen LogP contribution in [0.2, 0.25) is 5.02 Å². The number of rotatable bonds is 3. The highest BCUT2D eigenvalue weighted by molar-refractivity contribution is 6.30. The first-order chi connectivity index (χ1) is 12.9. The molecule has 1 saturated carbocycles. The number of hydrogen-bond donors (Lipinski definition) is 2. The van der Waals surface area contributed by atoms with Gasteiger partial charge in [-0.3, -0.25) is 9.48 Å². The fourth-order valence-corrected chi connectivity index (χ4v) is 3.71. The summed E-state index contributed by atoms with van der Waals surface area (Å²) in [6.45, 7) is 1.10. The lowest BCUT2D eigenvalue weighted by Gasteiger charge is -2.34. The van der Waals surface area contributed by atoms with Gasteiger partial charge >= 0.3 is 6.03 Å². The molecule has 0 saturated heterocycles. The van der Waals surface area contributed by atoms with Crippen LogP contribution in [0.5, 0.6) is 0 Å². The Morgan fingerprint density at radius 3 is 2.74 bits per heavy atom. The van der Waals surface area contributed by atoms with Gasteiger partial charge in [0.1, 0.15) is 11.9 Å². The molecule has 3 amide bonds. The number of fused-ring (bicyclic) bond motifs is 1. The third-order valence-electron chi connectivity index (χ3n) is 5.02. The molecular weight excluding hydrogens is 373 g/mol. The third-order valence-corrected chi connectivity index (χ3v) is 5.25. The van der Waals surface area contributed by atoms with E-state index in [0.29, 0.717) is 53.5 Å². The predicted molar refractivity (Wildman–Crippen MR) is 98.1 cm³/mol. The van der Waals surface area contributed by atoms with Gasteiger partial charge in [-0.2, -0.15) is 5.10 Å². The maximum absolute atomic E-state index is 13.0. The molecule has 9 heteroatoms. The highest BCUT2D eigenvalue weighted by Crippen LogP contribution is 2.30. The van der Waals surface area contributed by atoms with Crippen molar-refractivity contribution in [3.05, 3.63) is 40.5 Å². The first-order valence-corrected chi connectivity index (χ1v) is 9.15. The minimum atomic E-state index is -0.834. The van der Waals surface area contributed by atoms with Crippen LogP contribution in [0.25, 0.3) is 11.3 Å². The Morgan fingerprint density at radius 2 is 2.07 bits per heavy atom. The van der Waals surface area contributed by atoms with Crippen LogP contribution in [-0.4, -0.2) is 45.4 Å². The van der Waals surface area contributed by atoms with Gasteiger partial charge in [0.05, 0.1) is 24.3 Å². The van der Waals surface area contributed by atoms with Crippen LogP contribution in [0.1, 0.15) is 28.9 Å². The van der Waals surface area contributed by atoms with Gasteiger partial charge in [0.2, 0.25) is 0 Å². The van der Waals surface area contributed by atoms with Crippen molar-refractivity contribution in [2.24, 2.45) is 5.73 Å². The highest BCUT2D eigenvalue weighted by atomic mass is 35.5. The second-order valence-electron chi connectivity index (χ2n) is 6.90. The molecule has 1 aromatic carbocycles. The Morgan fingerprint density at radius 1 is 1.30 bits per heavy atom. The molecule has 27 heavy (non-hydrogen) atoms. The molecule has 7 nitrogen and oxygen atoms in total. The molecule has 3 N–H and O–H groups in total. The summed E-state index contributed by atoms with van der Waals surface area (Å²) in [5, 5.41) is 7.88. The average molecular weight is 392 g/mol. The fourth-order valence-electron chi connectivity index (χ4n) is 3.52.